The first-order valence-corrected chi connectivity index (χ1v) is 8.30. The lowest BCUT2D eigenvalue weighted by Crippen LogP contribution is -2.33. The molecule has 1 saturated carbocycles. The molecule has 7 heteroatoms. The zero-order chi connectivity index (χ0) is 14.9. The van der Waals surface area contributed by atoms with Crippen molar-refractivity contribution in [1.82, 2.24) is 4.72 Å². The van der Waals surface area contributed by atoms with Gasteiger partial charge in [0.1, 0.15) is 5.82 Å². The molecule has 0 bridgehead atoms. The molecule has 4 nitrogen and oxygen atoms in total. The second-order valence-corrected chi connectivity index (χ2v) is 7.33. The number of nitrogens with one attached hydrogen (secondary N) is 1. The summed E-state index contributed by atoms with van der Waals surface area (Å²) in [5.74, 6) is -0.268. The number of aliphatic hydroxyl groups excluding tert-OH is 1. The van der Waals surface area contributed by atoms with Crippen LogP contribution >= 0.6 is 11.6 Å². The normalized spacial score (nSPS) is 17.2. The van der Waals surface area contributed by atoms with Crippen LogP contribution in [0, 0.1) is 11.7 Å². The summed E-state index contributed by atoms with van der Waals surface area (Å²) in [4.78, 5) is -0.217. The van der Waals surface area contributed by atoms with Crippen molar-refractivity contribution in [1.29, 1.82) is 0 Å². The fourth-order valence-corrected chi connectivity index (χ4v) is 3.61. The summed E-state index contributed by atoms with van der Waals surface area (Å²) in [5.41, 5.74) is 0.0573. The van der Waals surface area contributed by atoms with Crippen LogP contribution in [0.4, 0.5) is 4.39 Å². The van der Waals surface area contributed by atoms with E-state index in [2.05, 4.69) is 4.72 Å². The van der Waals surface area contributed by atoms with Gasteiger partial charge < -0.3 is 5.11 Å². The molecule has 0 aliphatic heterocycles. The van der Waals surface area contributed by atoms with E-state index in [4.69, 9.17) is 16.7 Å². The van der Waals surface area contributed by atoms with E-state index in [-0.39, 0.29) is 21.5 Å². The van der Waals surface area contributed by atoms with Crippen LogP contribution in [0.15, 0.2) is 17.0 Å². The second-order valence-electron chi connectivity index (χ2n) is 5.24. The van der Waals surface area contributed by atoms with Gasteiger partial charge in [0.15, 0.2) is 0 Å². The van der Waals surface area contributed by atoms with E-state index in [1.54, 1.807) is 6.92 Å². The first kappa shape index (κ1) is 15.7. The molecule has 0 aromatic heterocycles. The molecule has 1 unspecified atom stereocenters. The van der Waals surface area contributed by atoms with Crippen molar-refractivity contribution < 1.29 is 17.9 Å². The Balaban J connectivity index is 2.21. The van der Waals surface area contributed by atoms with Crippen LogP contribution in [0.2, 0.25) is 5.02 Å². The summed E-state index contributed by atoms with van der Waals surface area (Å²) < 4.78 is 40.4. The average Bonchev–Trinajstić information content (AvgIpc) is 3.15. The zero-order valence-electron chi connectivity index (χ0n) is 11.1. The molecule has 2 N–H and O–H groups in total. The van der Waals surface area contributed by atoms with Crippen LogP contribution in [0.5, 0.6) is 0 Å². The lowest BCUT2D eigenvalue weighted by molar-refractivity contribution is 0.281. The minimum Gasteiger partial charge on any atom is -0.392 e. The van der Waals surface area contributed by atoms with Crippen molar-refractivity contribution in [3.63, 3.8) is 0 Å². The number of sulfonamides is 1. The molecule has 0 radical (unpaired) electrons. The Labute approximate surface area is 123 Å². The van der Waals surface area contributed by atoms with Crippen LogP contribution in [0.1, 0.15) is 31.7 Å². The fourth-order valence-electron chi connectivity index (χ4n) is 2.12. The first-order valence-electron chi connectivity index (χ1n) is 6.44. The molecule has 0 spiro atoms. The van der Waals surface area contributed by atoms with Crippen molar-refractivity contribution in [2.45, 2.75) is 43.7 Å². The van der Waals surface area contributed by atoms with Gasteiger partial charge in [-0.2, -0.15) is 0 Å². The largest absolute Gasteiger partial charge is 0.392 e. The number of rotatable bonds is 6. The molecule has 0 heterocycles. The van der Waals surface area contributed by atoms with Gasteiger partial charge in [-0.15, -0.1) is 0 Å². The number of hydrogen-bond acceptors (Lipinski definition) is 3. The van der Waals surface area contributed by atoms with Crippen molar-refractivity contribution >= 4 is 21.6 Å². The first-order chi connectivity index (χ1) is 9.33. The molecule has 1 aliphatic carbocycles. The van der Waals surface area contributed by atoms with Gasteiger partial charge in [0.2, 0.25) is 10.0 Å². The topological polar surface area (TPSA) is 66.4 Å². The van der Waals surface area contributed by atoms with Crippen molar-refractivity contribution in [2.24, 2.45) is 5.92 Å². The molecule has 0 saturated heterocycles. The predicted molar refractivity (Wildman–Crippen MR) is 74.5 cm³/mol. The minimum absolute atomic E-state index is 0.0573. The van der Waals surface area contributed by atoms with Crippen LogP contribution < -0.4 is 4.72 Å². The predicted octanol–water partition coefficient (Wildman–Crippen LogP) is 2.44. The van der Waals surface area contributed by atoms with Crippen molar-refractivity contribution in [3.05, 3.63) is 28.5 Å². The van der Waals surface area contributed by atoms with Gasteiger partial charge in [0.05, 0.1) is 16.5 Å². The van der Waals surface area contributed by atoms with Crippen LogP contribution in [-0.2, 0) is 16.6 Å². The van der Waals surface area contributed by atoms with Crippen molar-refractivity contribution in [3.8, 4) is 0 Å². The number of aliphatic hydroxyl groups is 1. The Morgan fingerprint density at radius 2 is 2.15 bits per heavy atom. The summed E-state index contributed by atoms with van der Waals surface area (Å²) in [7, 11) is -3.81. The maximum absolute atomic E-state index is 13.6. The zero-order valence-corrected chi connectivity index (χ0v) is 12.6. The van der Waals surface area contributed by atoms with Crippen LogP contribution in [-0.4, -0.2) is 19.6 Å². The van der Waals surface area contributed by atoms with Gasteiger partial charge in [0, 0.05) is 11.6 Å². The average molecular weight is 322 g/mol. The molecule has 112 valence electrons. The molecular formula is C13H17ClFNO3S. The molecule has 1 aliphatic rings. The second kappa shape index (κ2) is 5.97. The van der Waals surface area contributed by atoms with Gasteiger partial charge in [-0.3, -0.25) is 0 Å². The summed E-state index contributed by atoms with van der Waals surface area (Å²) in [6, 6.07) is 1.86. The minimum atomic E-state index is -3.81. The van der Waals surface area contributed by atoms with Gasteiger partial charge in [-0.25, -0.2) is 17.5 Å². The molecule has 1 atom stereocenters. The Morgan fingerprint density at radius 3 is 2.70 bits per heavy atom. The van der Waals surface area contributed by atoms with Gasteiger partial charge in [-0.1, -0.05) is 24.4 Å². The van der Waals surface area contributed by atoms with E-state index in [1.807, 2.05) is 0 Å². The number of benzene rings is 1. The molecule has 2 rings (SSSR count). The molecule has 0 amide bonds. The smallest absolute Gasteiger partial charge is 0.240 e. The molecule has 1 aromatic carbocycles. The summed E-state index contributed by atoms with van der Waals surface area (Å²) in [6.07, 6.45) is 3.05. The standard InChI is InChI=1S/C13H17ClFNO3S/c1-8(4-9-2-3-9)16-20(18,19)11-5-10(7-17)13(14)12(15)6-11/h5-6,8-9,16-17H,2-4,7H2,1H3. The van der Waals surface area contributed by atoms with Crippen molar-refractivity contribution in [2.75, 3.05) is 0 Å². The van der Waals surface area contributed by atoms with E-state index >= 15 is 0 Å². The molecule has 20 heavy (non-hydrogen) atoms. The highest BCUT2D eigenvalue weighted by molar-refractivity contribution is 7.89. The Morgan fingerprint density at radius 1 is 1.50 bits per heavy atom. The fraction of sp³-hybridized carbons (Fsp3) is 0.538. The Bertz CT molecular complexity index is 602. The lowest BCUT2D eigenvalue weighted by Gasteiger charge is -2.15. The molecule has 1 fully saturated rings. The number of hydrogen-bond donors (Lipinski definition) is 2. The number of halogens is 2. The summed E-state index contributed by atoms with van der Waals surface area (Å²) in [5, 5.41) is 8.82. The third-order valence-corrected chi connectivity index (χ3v) is 5.29. The van der Waals surface area contributed by atoms with Gasteiger partial charge in [-0.05, 0) is 31.4 Å². The van der Waals surface area contributed by atoms with Crippen LogP contribution in [0.25, 0.3) is 0 Å². The SMILES string of the molecule is CC(CC1CC1)NS(=O)(=O)c1cc(F)c(Cl)c(CO)c1. The lowest BCUT2D eigenvalue weighted by atomic mass is 10.2. The van der Waals surface area contributed by atoms with Gasteiger partial charge in [0.25, 0.3) is 0 Å². The van der Waals surface area contributed by atoms with Gasteiger partial charge >= 0.3 is 0 Å². The quantitative estimate of drug-likeness (QED) is 0.845. The summed E-state index contributed by atoms with van der Waals surface area (Å²) in [6.45, 7) is 1.27. The molecule has 1 aromatic rings. The molecular weight excluding hydrogens is 305 g/mol. The highest BCUT2D eigenvalue weighted by atomic mass is 35.5. The monoisotopic (exact) mass is 321 g/mol. The third kappa shape index (κ3) is 3.69. The van der Waals surface area contributed by atoms with E-state index < -0.39 is 22.4 Å². The van der Waals surface area contributed by atoms with E-state index in [9.17, 15) is 12.8 Å². The maximum atomic E-state index is 13.6. The van der Waals surface area contributed by atoms with E-state index in [0.717, 1.165) is 25.3 Å². The van der Waals surface area contributed by atoms with E-state index in [0.29, 0.717) is 5.92 Å². The highest BCUT2D eigenvalue weighted by Gasteiger charge is 2.27. The Hall–Kier alpha value is -0.690. The Kier molecular flexibility index (Phi) is 4.69. The summed E-state index contributed by atoms with van der Waals surface area (Å²) >= 11 is 5.65. The highest BCUT2D eigenvalue weighted by Crippen LogP contribution is 2.33. The third-order valence-electron chi connectivity index (χ3n) is 3.30. The van der Waals surface area contributed by atoms with E-state index in [1.165, 1.54) is 6.07 Å². The van der Waals surface area contributed by atoms with Crippen LogP contribution in [0.3, 0.4) is 0 Å². The maximum Gasteiger partial charge on any atom is 0.240 e.